The molecule has 2 aromatic carbocycles. The molecule has 140 valence electrons. The van der Waals surface area contributed by atoms with E-state index in [2.05, 4.69) is 54.7 Å². The Balaban J connectivity index is 1.50. The van der Waals surface area contributed by atoms with Crippen molar-refractivity contribution in [1.29, 1.82) is 0 Å². The molecule has 1 aromatic heterocycles. The van der Waals surface area contributed by atoms with Gasteiger partial charge < -0.3 is 10.6 Å². The number of fused-ring (bicyclic) bond motifs is 2. The van der Waals surface area contributed by atoms with Crippen molar-refractivity contribution in [3.05, 3.63) is 59.3 Å². The molecule has 0 spiro atoms. The number of anilines is 1. The second-order valence-corrected chi connectivity index (χ2v) is 8.36. The minimum atomic E-state index is -0.177. The van der Waals surface area contributed by atoms with Gasteiger partial charge in [0.25, 0.3) is 0 Å². The van der Waals surface area contributed by atoms with E-state index in [9.17, 15) is 4.79 Å². The fourth-order valence-electron chi connectivity index (χ4n) is 3.84. The maximum absolute atomic E-state index is 12.6. The first-order valence-corrected chi connectivity index (χ1v) is 9.44. The minimum absolute atomic E-state index is 0.0575. The second-order valence-electron chi connectivity index (χ2n) is 8.36. The normalized spacial score (nSPS) is 16.4. The first kappa shape index (κ1) is 17.6. The van der Waals surface area contributed by atoms with Crippen LogP contribution in [0.15, 0.2) is 42.6 Å². The number of benzene rings is 2. The topological polar surface area (TPSA) is 59.0 Å². The van der Waals surface area contributed by atoms with Crippen LogP contribution >= 0.6 is 0 Å². The van der Waals surface area contributed by atoms with Crippen molar-refractivity contribution in [3.8, 4) is 0 Å². The maximum Gasteiger partial charge on any atom is 0.319 e. The van der Waals surface area contributed by atoms with E-state index < -0.39 is 0 Å². The fraction of sp³-hybridized carbons (Fsp3) is 0.364. The number of rotatable bonds is 2. The van der Waals surface area contributed by atoms with E-state index in [1.807, 2.05) is 25.2 Å². The number of aryl methyl sites for hydroxylation is 2. The number of aromatic nitrogens is 2. The Labute approximate surface area is 159 Å². The molecule has 0 saturated heterocycles. The van der Waals surface area contributed by atoms with Crippen molar-refractivity contribution in [2.75, 3.05) is 5.32 Å². The van der Waals surface area contributed by atoms with Crippen LogP contribution in [-0.2, 0) is 18.9 Å². The van der Waals surface area contributed by atoms with Crippen molar-refractivity contribution in [2.24, 2.45) is 7.05 Å². The summed E-state index contributed by atoms with van der Waals surface area (Å²) in [5, 5.41) is 11.3. The van der Waals surface area contributed by atoms with Crippen LogP contribution in [0.3, 0.4) is 0 Å². The quantitative estimate of drug-likeness (QED) is 0.695. The summed E-state index contributed by atoms with van der Waals surface area (Å²) >= 11 is 0. The number of amides is 2. The molecule has 1 heterocycles. The summed E-state index contributed by atoms with van der Waals surface area (Å²) in [7, 11) is 1.90. The van der Waals surface area contributed by atoms with Crippen LogP contribution in [0.4, 0.5) is 10.5 Å². The van der Waals surface area contributed by atoms with Gasteiger partial charge in [-0.1, -0.05) is 45.0 Å². The Hall–Kier alpha value is -2.82. The Kier molecular flexibility index (Phi) is 4.17. The van der Waals surface area contributed by atoms with Crippen LogP contribution in [0.5, 0.6) is 0 Å². The molecule has 0 saturated carbocycles. The third-order valence-electron chi connectivity index (χ3n) is 5.43. The first-order chi connectivity index (χ1) is 12.8. The van der Waals surface area contributed by atoms with E-state index in [0.717, 1.165) is 29.4 Å². The van der Waals surface area contributed by atoms with Crippen LogP contribution in [0, 0.1) is 0 Å². The van der Waals surface area contributed by atoms with Gasteiger partial charge in [-0.2, -0.15) is 5.10 Å². The maximum atomic E-state index is 12.6. The van der Waals surface area contributed by atoms with Crippen molar-refractivity contribution >= 4 is 22.6 Å². The van der Waals surface area contributed by atoms with E-state index in [1.54, 1.807) is 10.9 Å². The molecule has 0 radical (unpaired) electrons. The molecule has 2 amide bonds. The molecule has 4 rings (SSSR count). The lowest BCUT2D eigenvalue weighted by atomic mass is 9.85. The number of hydrogen-bond acceptors (Lipinski definition) is 2. The van der Waals surface area contributed by atoms with Crippen molar-refractivity contribution in [3.63, 3.8) is 0 Å². The van der Waals surface area contributed by atoms with Gasteiger partial charge in [-0.15, -0.1) is 0 Å². The van der Waals surface area contributed by atoms with Crippen LogP contribution in [0.25, 0.3) is 10.9 Å². The highest BCUT2D eigenvalue weighted by Crippen LogP contribution is 2.34. The molecule has 27 heavy (non-hydrogen) atoms. The average Bonchev–Trinajstić information content (AvgIpc) is 3.19. The molecule has 1 aliphatic rings. The lowest BCUT2D eigenvalue weighted by Crippen LogP contribution is -2.31. The van der Waals surface area contributed by atoms with Gasteiger partial charge >= 0.3 is 6.03 Å². The smallest absolute Gasteiger partial charge is 0.319 e. The van der Waals surface area contributed by atoms with Gasteiger partial charge in [-0.3, -0.25) is 4.68 Å². The zero-order valence-corrected chi connectivity index (χ0v) is 16.3. The zero-order valence-electron chi connectivity index (χ0n) is 16.3. The Morgan fingerprint density at radius 3 is 2.81 bits per heavy atom. The summed E-state index contributed by atoms with van der Waals surface area (Å²) in [5.74, 6) is 0. The lowest BCUT2D eigenvalue weighted by Gasteiger charge is -2.21. The summed E-state index contributed by atoms with van der Waals surface area (Å²) in [6.45, 7) is 6.68. The van der Waals surface area contributed by atoms with E-state index >= 15 is 0 Å². The highest BCUT2D eigenvalue weighted by Gasteiger charge is 2.26. The zero-order chi connectivity index (χ0) is 19.2. The number of carbonyl (C=O) groups excluding carboxylic acids is 1. The summed E-state index contributed by atoms with van der Waals surface area (Å²) in [6.07, 6.45) is 3.72. The molecule has 2 N–H and O–H groups in total. The summed E-state index contributed by atoms with van der Waals surface area (Å²) in [6, 6.07) is 12.4. The molecule has 1 atom stereocenters. The van der Waals surface area contributed by atoms with Gasteiger partial charge in [0.05, 0.1) is 23.4 Å². The molecule has 0 fully saturated rings. The molecular weight excluding hydrogens is 336 g/mol. The number of nitrogens with one attached hydrogen (secondary N) is 2. The number of carbonyl (C=O) groups is 1. The monoisotopic (exact) mass is 362 g/mol. The van der Waals surface area contributed by atoms with Crippen LogP contribution in [0.1, 0.15) is 49.9 Å². The Morgan fingerprint density at radius 1 is 1.22 bits per heavy atom. The standard InChI is InChI=1S/C22H26N4O/c1-22(2,3)15-9-10-16-14(12-15)8-11-19(16)25-21(27)24-18-6-5-7-20-17(18)13-23-26(20)4/h5-7,9-10,12-13,19H,8,11H2,1-4H3,(H2,24,25,27). The highest BCUT2D eigenvalue weighted by atomic mass is 16.2. The average molecular weight is 362 g/mol. The second kappa shape index (κ2) is 6.41. The Bertz CT molecular complexity index is 1010. The largest absolute Gasteiger partial charge is 0.331 e. The van der Waals surface area contributed by atoms with Crippen molar-refractivity contribution in [2.45, 2.75) is 45.1 Å². The SMILES string of the molecule is Cn1ncc2c(NC(=O)NC3CCc4cc(C(C)(C)C)ccc43)cccc21. The molecule has 5 heteroatoms. The van der Waals surface area contributed by atoms with Crippen LogP contribution in [0.2, 0.25) is 0 Å². The summed E-state index contributed by atoms with van der Waals surface area (Å²) in [4.78, 5) is 12.6. The first-order valence-electron chi connectivity index (χ1n) is 9.44. The third kappa shape index (κ3) is 3.29. The van der Waals surface area contributed by atoms with Gasteiger partial charge in [0.1, 0.15) is 0 Å². The molecule has 0 bridgehead atoms. The fourth-order valence-corrected chi connectivity index (χ4v) is 3.84. The molecule has 0 aliphatic heterocycles. The predicted octanol–water partition coefficient (Wildman–Crippen LogP) is 4.68. The van der Waals surface area contributed by atoms with Gasteiger partial charge in [-0.25, -0.2) is 4.79 Å². The van der Waals surface area contributed by atoms with Crippen LogP contribution in [-0.4, -0.2) is 15.8 Å². The lowest BCUT2D eigenvalue weighted by molar-refractivity contribution is 0.248. The number of nitrogens with zero attached hydrogens (tertiary/aromatic N) is 2. The van der Waals surface area contributed by atoms with E-state index in [0.29, 0.717) is 0 Å². The van der Waals surface area contributed by atoms with Crippen molar-refractivity contribution in [1.82, 2.24) is 15.1 Å². The predicted molar refractivity (Wildman–Crippen MR) is 109 cm³/mol. The van der Waals surface area contributed by atoms with Gasteiger partial charge in [0.15, 0.2) is 0 Å². The molecular formula is C22H26N4O. The minimum Gasteiger partial charge on any atom is -0.331 e. The molecule has 1 aliphatic carbocycles. The summed E-state index contributed by atoms with van der Waals surface area (Å²) in [5.41, 5.74) is 5.84. The van der Waals surface area contributed by atoms with Crippen LogP contribution < -0.4 is 10.6 Å². The third-order valence-corrected chi connectivity index (χ3v) is 5.43. The number of urea groups is 1. The van der Waals surface area contributed by atoms with E-state index in [4.69, 9.17) is 0 Å². The van der Waals surface area contributed by atoms with Gasteiger partial charge in [0, 0.05) is 12.4 Å². The molecule has 3 aromatic rings. The van der Waals surface area contributed by atoms with Gasteiger partial charge in [-0.05, 0) is 47.1 Å². The van der Waals surface area contributed by atoms with E-state index in [1.165, 1.54) is 16.7 Å². The molecule has 1 unspecified atom stereocenters. The van der Waals surface area contributed by atoms with Gasteiger partial charge in [0.2, 0.25) is 0 Å². The molecule has 5 nitrogen and oxygen atoms in total. The Morgan fingerprint density at radius 2 is 2.04 bits per heavy atom. The number of hydrogen-bond donors (Lipinski definition) is 2. The summed E-state index contributed by atoms with van der Waals surface area (Å²) < 4.78 is 1.80. The van der Waals surface area contributed by atoms with E-state index in [-0.39, 0.29) is 17.5 Å². The van der Waals surface area contributed by atoms with Crippen molar-refractivity contribution < 1.29 is 4.79 Å². The highest BCUT2D eigenvalue weighted by molar-refractivity contribution is 6.00.